The SMILES string of the molecule is CCNS(=O)(=O)CCNc1cccc(N)n1. The summed E-state index contributed by atoms with van der Waals surface area (Å²) in [6.07, 6.45) is 0. The maximum Gasteiger partial charge on any atom is 0.213 e. The predicted molar refractivity (Wildman–Crippen MR) is 64.6 cm³/mol. The van der Waals surface area contributed by atoms with Crippen molar-refractivity contribution in [1.82, 2.24) is 9.71 Å². The van der Waals surface area contributed by atoms with Crippen molar-refractivity contribution < 1.29 is 8.42 Å². The van der Waals surface area contributed by atoms with Crippen LogP contribution < -0.4 is 15.8 Å². The van der Waals surface area contributed by atoms with Gasteiger partial charge in [-0.25, -0.2) is 18.1 Å². The van der Waals surface area contributed by atoms with Gasteiger partial charge in [-0.15, -0.1) is 0 Å². The number of nitrogens with zero attached hydrogens (tertiary/aromatic N) is 1. The molecule has 0 spiro atoms. The van der Waals surface area contributed by atoms with E-state index in [1.54, 1.807) is 25.1 Å². The minimum Gasteiger partial charge on any atom is -0.384 e. The van der Waals surface area contributed by atoms with Gasteiger partial charge in [0.25, 0.3) is 0 Å². The van der Waals surface area contributed by atoms with E-state index < -0.39 is 10.0 Å². The third kappa shape index (κ3) is 4.45. The second kappa shape index (κ2) is 5.66. The summed E-state index contributed by atoms with van der Waals surface area (Å²) in [5.74, 6) is 0.989. The number of anilines is 2. The van der Waals surface area contributed by atoms with E-state index in [-0.39, 0.29) is 5.75 Å². The second-order valence-electron chi connectivity index (χ2n) is 3.19. The molecule has 1 heterocycles. The summed E-state index contributed by atoms with van der Waals surface area (Å²) in [6.45, 7) is 2.44. The molecule has 0 aliphatic rings. The highest BCUT2D eigenvalue weighted by atomic mass is 32.2. The first-order chi connectivity index (χ1) is 7.53. The Balaban J connectivity index is 2.42. The van der Waals surface area contributed by atoms with Gasteiger partial charge in [0.05, 0.1) is 5.75 Å². The van der Waals surface area contributed by atoms with E-state index in [9.17, 15) is 8.42 Å². The molecule has 0 saturated heterocycles. The molecule has 4 N–H and O–H groups in total. The third-order valence-corrected chi connectivity index (χ3v) is 3.28. The van der Waals surface area contributed by atoms with Crippen LogP contribution in [-0.2, 0) is 10.0 Å². The zero-order valence-corrected chi connectivity index (χ0v) is 9.92. The second-order valence-corrected chi connectivity index (χ2v) is 5.12. The average Bonchev–Trinajstić information content (AvgIpc) is 2.17. The predicted octanol–water partition coefficient (Wildman–Crippen LogP) is 0.0150. The van der Waals surface area contributed by atoms with Crippen LogP contribution in [-0.4, -0.2) is 32.2 Å². The molecule has 0 unspecified atom stereocenters. The lowest BCUT2D eigenvalue weighted by molar-refractivity contribution is 0.584. The molecule has 0 aliphatic carbocycles. The van der Waals surface area contributed by atoms with E-state index in [0.717, 1.165) is 0 Å². The van der Waals surface area contributed by atoms with Crippen LogP contribution in [0.1, 0.15) is 6.92 Å². The quantitative estimate of drug-likeness (QED) is 0.655. The number of nitrogen functional groups attached to an aromatic ring is 1. The van der Waals surface area contributed by atoms with Crippen LogP contribution in [0.25, 0.3) is 0 Å². The Kier molecular flexibility index (Phi) is 4.51. The average molecular weight is 244 g/mol. The molecule has 16 heavy (non-hydrogen) atoms. The van der Waals surface area contributed by atoms with Crippen molar-refractivity contribution in [3.05, 3.63) is 18.2 Å². The van der Waals surface area contributed by atoms with Gasteiger partial charge in [0, 0.05) is 13.1 Å². The van der Waals surface area contributed by atoms with Crippen molar-refractivity contribution in [1.29, 1.82) is 0 Å². The number of hydrogen-bond acceptors (Lipinski definition) is 5. The van der Waals surface area contributed by atoms with Gasteiger partial charge in [-0.05, 0) is 12.1 Å². The van der Waals surface area contributed by atoms with Crippen molar-refractivity contribution in [3.8, 4) is 0 Å². The van der Waals surface area contributed by atoms with Crippen LogP contribution >= 0.6 is 0 Å². The van der Waals surface area contributed by atoms with Crippen LogP contribution in [0.5, 0.6) is 0 Å². The molecule has 1 aromatic rings. The zero-order valence-electron chi connectivity index (χ0n) is 9.10. The Bertz CT molecular complexity index is 433. The molecule has 6 nitrogen and oxygen atoms in total. The lowest BCUT2D eigenvalue weighted by Gasteiger charge is -2.07. The van der Waals surface area contributed by atoms with E-state index in [1.165, 1.54) is 0 Å². The van der Waals surface area contributed by atoms with Crippen LogP contribution in [0.3, 0.4) is 0 Å². The molecule has 90 valence electrons. The van der Waals surface area contributed by atoms with Crippen LogP contribution in [0.15, 0.2) is 18.2 Å². The van der Waals surface area contributed by atoms with Gasteiger partial charge >= 0.3 is 0 Å². The highest BCUT2D eigenvalue weighted by Crippen LogP contribution is 2.04. The fraction of sp³-hybridized carbons (Fsp3) is 0.444. The van der Waals surface area contributed by atoms with Crippen molar-refractivity contribution in [2.24, 2.45) is 0 Å². The lowest BCUT2D eigenvalue weighted by Crippen LogP contribution is -2.29. The van der Waals surface area contributed by atoms with E-state index in [0.29, 0.717) is 24.7 Å². The Morgan fingerprint density at radius 3 is 2.81 bits per heavy atom. The molecule has 0 saturated carbocycles. The minimum absolute atomic E-state index is 0.0112. The summed E-state index contributed by atoms with van der Waals surface area (Å²) >= 11 is 0. The van der Waals surface area contributed by atoms with Crippen LogP contribution in [0, 0.1) is 0 Å². The molecule has 7 heteroatoms. The van der Waals surface area contributed by atoms with Crippen LogP contribution in [0.4, 0.5) is 11.6 Å². The highest BCUT2D eigenvalue weighted by Gasteiger charge is 2.07. The van der Waals surface area contributed by atoms with Gasteiger partial charge in [-0.1, -0.05) is 13.0 Å². The number of pyridine rings is 1. The molecule has 0 bridgehead atoms. The van der Waals surface area contributed by atoms with Gasteiger partial charge < -0.3 is 11.1 Å². The van der Waals surface area contributed by atoms with Gasteiger partial charge in [-0.2, -0.15) is 0 Å². The molecule has 0 atom stereocenters. The Morgan fingerprint density at radius 1 is 1.44 bits per heavy atom. The molecular weight excluding hydrogens is 228 g/mol. The fourth-order valence-corrected chi connectivity index (χ4v) is 2.11. The number of nitrogens with two attached hydrogens (primary N) is 1. The molecule has 0 amide bonds. The van der Waals surface area contributed by atoms with Gasteiger partial charge in [0.1, 0.15) is 11.6 Å². The van der Waals surface area contributed by atoms with Gasteiger partial charge in [0.2, 0.25) is 10.0 Å². The van der Waals surface area contributed by atoms with E-state index >= 15 is 0 Å². The molecule has 1 aromatic heterocycles. The molecule has 0 radical (unpaired) electrons. The summed E-state index contributed by atoms with van der Waals surface area (Å²) in [7, 11) is -3.18. The molecule has 1 rings (SSSR count). The first-order valence-electron chi connectivity index (χ1n) is 4.97. The van der Waals surface area contributed by atoms with E-state index in [1.807, 2.05) is 0 Å². The number of rotatable bonds is 6. The smallest absolute Gasteiger partial charge is 0.213 e. The normalized spacial score (nSPS) is 11.3. The summed E-state index contributed by atoms with van der Waals surface area (Å²) in [5, 5.41) is 2.89. The Labute approximate surface area is 95.3 Å². The first kappa shape index (κ1) is 12.7. The van der Waals surface area contributed by atoms with Crippen molar-refractivity contribution >= 4 is 21.7 Å². The third-order valence-electron chi connectivity index (χ3n) is 1.81. The summed E-state index contributed by atoms with van der Waals surface area (Å²) in [6, 6.07) is 5.15. The van der Waals surface area contributed by atoms with Gasteiger partial charge in [0.15, 0.2) is 0 Å². The number of nitrogens with one attached hydrogen (secondary N) is 2. The monoisotopic (exact) mass is 244 g/mol. The zero-order chi connectivity index (χ0) is 12.0. The van der Waals surface area contributed by atoms with E-state index in [2.05, 4.69) is 15.0 Å². The molecule has 0 fully saturated rings. The molecule has 0 aliphatic heterocycles. The molecular formula is C9H16N4O2S. The minimum atomic E-state index is -3.18. The maximum atomic E-state index is 11.3. The summed E-state index contributed by atoms with van der Waals surface area (Å²) < 4.78 is 25.0. The number of sulfonamides is 1. The first-order valence-corrected chi connectivity index (χ1v) is 6.62. The standard InChI is InChI=1S/C9H16N4O2S/c1-2-12-16(14,15)7-6-11-9-5-3-4-8(10)13-9/h3-5,12H,2,6-7H2,1H3,(H3,10,11,13). The lowest BCUT2D eigenvalue weighted by atomic mass is 10.4. The largest absolute Gasteiger partial charge is 0.384 e. The fourth-order valence-electron chi connectivity index (χ4n) is 1.16. The highest BCUT2D eigenvalue weighted by molar-refractivity contribution is 7.89. The summed E-state index contributed by atoms with van der Waals surface area (Å²) in [5.41, 5.74) is 5.48. The van der Waals surface area contributed by atoms with Crippen molar-refractivity contribution in [2.45, 2.75) is 6.92 Å². The van der Waals surface area contributed by atoms with Crippen molar-refractivity contribution in [2.75, 3.05) is 29.9 Å². The van der Waals surface area contributed by atoms with Crippen molar-refractivity contribution in [3.63, 3.8) is 0 Å². The Hall–Kier alpha value is -1.34. The van der Waals surface area contributed by atoms with E-state index in [4.69, 9.17) is 5.73 Å². The topological polar surface area (TPSA) is 97.1 Å². The van der Waals surface area contributed by atoms with Gasteiger partial charge in [-0.3, -0.25) is 0 Å². The number of aromatic nitrogens is 1. The number of hydrogen-bond donors (Lipinski definition) is 3. The van der Waals surface area contributed by atoms with Crippen LogP contribution in [0.2, 0.25) is 0 Å². The molecule has 0 aromatic carbocycles. The maximum absolute atomic E-state index is 11.3. The Morgan fingerprint density at radius 2 is 2.19 bits per heavy atom. The summed E-state index contributed by atoms with van der Waals surface area (Å²) in [4.78, 5) is 3.99.